The molecule has 0 atom stereocenters. The van der Waals surface area contributed by atoms with E-state index in [9.17, 15) is 17.6 Å². The van der Waals surface area contributed by atoms with Crippen molar-refractivity contribution in [3.63, 3.8) is 0 Å². The fraction of sp³-hybridized carbons (Fsp3) is 0.174. The van der Waals surface area contributed by atoms with E-state index in [2.05, 4.69) is 0 Å². The molecule has 31 heavy (non-hydrogen) atoms. The number of ether oxygens (including phenoxy) is 1. The van der Waals surface area contributed by atoms with E-state index in [1.54, 1.807) is 29.2 Å². The van der Waals surface area contributed by atoms with Gasteiger partial charge in [0.05, 0.1) is 4.90 Å². The molecule has 0 saturated carbocycles. The van der Waals surface area contributed by atoms with Crippen LogP contribution in [-0.4, -0.2) is 49.7 Å². The van der Waals surface area contributed by atoms with Gasteiger partial charge in [-0.25, -0.2) is 12.8 Å². The molecule has 3 aromatic carbocycles. The van der Waals surface area contributed by atoms with Crippen LogP contribution in [0.5, 0.6) is 11.5 Å². The first-order chi connectivity index (χ1) is 14.9. The van der Waals surface area contributed by atoms with Crippen molar-refractivity contribution in [2.75, 3.05) is 26.2 Å². The number of sulfonamides is 1. The van der Waals surface area contributed by atoms with Crippen molar-refractivity contribution in [2.45, 2.75) is 4.90 Å². The van der Waals surface area contributed by atoms with Gasteiger partial charge < -0.3 is 9.64 Å². The summed E-state index contributed by atoms with van der Waals surface area (Å²) in [5.74, 6) is 0.418. The van der Waals surface area contributed by atoms with Crippen molar-refractivity contribution in [1.29, 1.82) is 0 Å². The Balaban J connectivity index is 1.42. The Morgan fingerprint density at radius 1 is 0.806 bits per heavy atom. The summed E-state index contributed by atoms with van der Waals surface area (Å²) >= 11 is 0. The lowest BCUT2D eigenvalue weighted by atomic mass is 10.1. The molecule has 3 aromatic rings. The van der Waals surface area contributed by atoms with E-state index >= 15 is 0 Å². The topological polar surface area (TPSA) is 66.9 Å². The SMILES string of the molecule is O=C(c1cccc(Oc2ccccc2)c1)N1CCN(S(=O)(=O)c2cccc(F)c2)CC1. The van der Waals surface area contributed by atoms with Crippen LogP contribution in [0.2, 0.25) is 0 Å². The molecule has 1 amide bonds. The summed E-state index contributed by atoms with van der Waals surface area (Å²) in [7, 11) is -3.80. The van der Waals surface area contributed by atoms with Crippen LogP contribution in [0, 0.1) is 5.82 Å². The Morgan fingerprint density at radius 3 is 2.19 bits per heavy atom. The molecule has 1 saturated heterocycles. The van der Waals surface area contributed by atoms with Gasteiger partial charge in [0, 0.05) is 31.7 Å². The second-order valence-corrected chi connectivity index (χ2v) is 9.03. The predicted molar refractivity (Wildman–Crippen MR) is 114 cm³/mol. The highest BCUT2D eigenvalue weighted by atomic mass is 32.2. The van der Waals surface area contributed by atoms with Crippen LogP contribution in [0.3, 0.4) is 0 Å². The van der Waals surface area contributed by atoms with E-state index in [1.165, 1.54) is 22.5 Å². The lowest BCUT2D eigenvalue weighted by Crippen LogP contribution is -2.50. The molecule has 1 aliphatic heterocycles. The maximum absolute atomic E-state index is 13.4. The van der Waals surface area contributed by atoms with Crippen LogP contribution >= 0.6 is 0 Å². The Hall–Kier alpha value is -3.23. The van der Waals surface area contributed by atoms with Gasteiger partial charge in [-0.3, -0.25) is 4.79 Å². The van der Waals surface area contributed by atoms with Crippen molar-refractivity contribution >= 4 is 15.9 Å². The molecule has 0 bridgehead atoms. The predicted octanol–water partition coefficient (Wildman–Crippen LogP) is 3.76. The normalized spacial score (nSPS) is 14.9. The van der Waals surface area contributed by atoms with Crippen molar-refractivity contribution in [3.8, 4) is 11.5 Å². The Morgan fingerprint density at radius 2 is 1.48 bits per heavy atom. The van der Waals surface area contributed by atoms with Gasteiger partial charge in [-0.2, -0.15) is 4.31 Å². The smallest absolute Gasteiger partial charge is 0.254 e. The van der Waals surface area contributed by atoms with Gasteiger partial charge in [0.15, 0.2) is 0 Å². The fourth-order valence-corrected chi connectivity index (χ4v) is 4.86. The Kier molecular flexibility index (Phi) is 6.01. The van der Waals surface area contributed by atoms with Crippen LogP contribution in [0.1, 0.15) is 10.4 Å². The van der Waals surface area contributed by atoms with Crippen LogP contribution in [0.15, 0.2) is 83.8 Å². The van der Waals surface area contributed by atoms with Gasteiger partial charge >= 0.3 is 0 Å². The summed E-state index contributed by atoms with van der Waals surface area (Å²) in [6.45, 7) is 0.782. The monoisotopic (exact) mass is 440 g/mol. The molecule has 4 rings (SSSR count). The number of hydrogen-bond acceptors (Lipinski definition) is 4. The number of carbonyl (C=O) groups excluding carboxylic acids is 1. The lowest BCUT2D eigenvalue weighted by molar-refractivity contribution is 0.0697. The first-order valence-corrected chi connectivity index (χ1v) is 11.3. The van der Waals surface area contributed by atoms with Crippen LogP contribution in [0.25, 0.3) is 0 Å². The number of hydrogen-bond donors (Lipinski definition) is 0. The quantitative estimate of drug-likeness (QED) is 0.606. The minimum absolute atomic E-state index is 0.0851. The maximum atomic E-state index is 13.4. The number of rotatable bonds is 5. The van der Waals surface area contributed by atoms with Crippen molar-refractivity contribution in [2.24, 2.45) is 0 Å². The third-order valence-electron chi connectivity index (χ3n) is 5.02. The highest BCUT2D eigenvalue weighted by Gasteiger charge is 2.30. The van der Waals surface area contributed by atoms with E-state index in [1.807, 2.05) is 30.3 Å². The number of amides is 1. The number of para-hydroxylation sites is 1. The van der Waals surface area contributed by atoms with Crippen molar-refractivity contribution in [1.82, 2.24) is 9.21 Å². The largest absolute Gasteiger partial charge is 0.457 e. The molecular weight excluding hydrogens is 419 g/mol. The zero-order valence-corrected chi connectivity index (χ0v) is 17.5. The molecular formula is C23H21FN2O4S. The third-order valence-corrected chi connectivity index (χ3v) is 6.91. The summed E-state index contributed by atoms with van der Waals surface area (Å²) in [5.41, 5.74) is 0.467. The Labute approximate surface area is 180 Å². The molecule has 0 unspecified atom stereocenters. The molecule has 1 fully saturated rings. The highest BCUT2D eigenvalue weighted by molar-refractivity contribution is 7.89. The maximum Gasteiger partial charge on any atom is 0.254 e. The molecule has 160 valence electrons. The Bertz CT molecular complexity index is 1180. The highest BCUT2D eigenvalue weighted by Crippen LogP contribution is 2.23. The molecule has 0 aliphatic carbocycles. The van der Waals surface area contributed by atoms with E-state index < -0.39 is 15.8 Å². The van der Waals surface area contributed by atoms with Gasteiger partial charge in [0.1, 0.15) is 17.3 Å². The average molecular weight is 440 g/mol. The van der Waals surface area contributed by atoms with Crippen molar-refractivity contribution in [3.05, 3.63) is 90.2 Å². The molecule has 1 heterocycles. The number of carbonyl (C=O) groups is 1. The summed E-state index contributed by atoms with van der Waals surface area (Å²) in [4.78, 5) is 14.5. The second-order valence-electron chi connectivity index (χ2n) is 7.10. The third kappa shape index (κ3) is 4.76. The van der Waals surface area contributed by atoms with Gasteiger partial charge in [-0.15, -0.1) is 0 Å². The van der Waals surface area contributed by atoms with Gasteiger partial charge in [-0.05, 0) is 48.5 Å². The van der Waals surface area contributed by atoms with E-state index in [0.717, 1.165) is 6.07 Å². The summed E-state index contributed by atoms with van der Waals surface area (Å²) in [6.07, 6.45) is 0. The zero-order valence-electron chi connectivity index (χ0n) is 16.6. The van der Waals surface area contributed by atoms with Crippen LogP contribution in [-0.2, 0) is 10.0 Å². The first kappa shape index (κ1) is 21.0. The molecule has 6 nitrogen and oxygen atoms in total. The van der Waals surface area contributed by atoms with Gasteiger partial charge in [0.2, 0.25) is 10.0 Å². The summed E-state index contributed by atoms with van der Waals surface area (Å²) < 4.78 is 46.0. The van der Waals surface area contributed by atoms with Gasteiger partial charge in [0.25, 0.3) is 5.91 Å². The van der Waals surface area contributed by atoms with Crippen molar-refractivity contribution < 1.29 is 22.3 Å². The zero-order chi connectivity index (χ0) is 21.8. The van der Waals surface area contributed by atoms with E-state index in [-0.39, 0.29) is 37.0 Å². The molecule has 8 heteroatoms. The average Bonchev–Trinajstić information content (AvgIpc) is 2.79. The van der Waals surface area contributed by atoms with Crippen LogP contribution in [0.4, 0.5) is 4.39 Å². The standard InChI is InChI=1S/C23H21FN2O4S/c24-19-7-5-11-22(17-19)31(28,29)26-14-12-25(13-15-26)23(27)18-6-4-10-21(16-18)30-20-8-2-1-3-9-20/h1-11,16-17H,12-15H2. The minimum atomic E-state index is -3.80. The number of nitrogens with zero attached hydrogens (tertiary/aromatic N) is 2. The molecule has 0 radical (unpaired) electrons. The first-order valence-electron chi connectivity index (χ1n) is 9.81. The lowest BCUT2D eigenvalue weighted by Gasteiger charge is -2.34. The number of halogens is 1. The molecule has 1 aliphatic rings. The van der Waals surface area contributed by atoms with Crippen LogP contribution < -0.4 is 4.74 Å². The molecule has 0 N–H and O–H groups in total. The summed E-state index contributed by atoms with van der Waals surface area (Å²) in [6, 6.07) is 21.1. The second kappa shape index (κ2) is 8.87. The minimum Gasteiger partial charge on any atom is -0.457 e. The fourth-order valence-electron chi connectivity index (χ4n) is 3.41. The number of piperazine rings is 1. The molecule has 0 aromatic heterocycles. The summed E-state index contributed by atoms with van der Waals surface area (Å²) in [5, 5.41) is 0. The molecule has 0 spiro atoms. The van der Waals surface area contributed by atoms with Gasteiger partial charge in [-0.1, -0.05) is 30.3 Å². The number of benzene rings is 3. The van der Waals surface area contributed by atoms with E-state index in [0.29, 0.717) is 17.1 Å². The van der Waals surface area contributed by atoms with E-state index in [4.69, 9.17) is 4.74 Å².